The van der Waals surface area contributed by atoms with Crippen LogP contribution >= 0.6 is 22.7 Å². The zero-order chi connectivity index (χ0) is 19.6. The van der Waals surface area contributed by atoms with Crippen molar-refractivity contribution in [2.75, 3.05) is 18.4 Å². The fourth-order valence-corrected chi connectivity index (χ4v) is 5.13. The van der Waals surface area contributed by atoms with Crippen LogP contribution in [-0.4, -0.2) is 51.8 Å². The minimum atomic E-state index is -0.126. The molecule has 0 bridgehead atoms. The molecule has 0 atom stereocenters. The van der Waals surface area contributed by atoms with Gasteiger partial charge < -0.3 is 4.90 Å². The molecule has 2 aromatic heterocycles. The number of aromatic nitrogens is 1. The molecule has 3 rings (SSSR count). The maximum Gasteiger partial charge on any atom is 0.258 e. The summed E-state index contributed by atoms with van der Waals surface area (Å²) in [6, 6.07) is 2.19. The van der Waals surface area contributed by atoms with Crippen LogP contribution in [0.5, 0.6) is 0 Å². The van der Waals surface area contributed by atoms with E-state index in [2.05, 4.69) is 42.9 Å². The maximum atomic E-state index is 12.7. The molecule has 0 unspecified atom stereocenters. The predicted octanol–water partition coefficient (Wildman–Crippen LogP) is 3.46. The van der Waals surface area contributed by atoms with Crippen molar-refractivity contribution in [3.8, 4) is 0 Å². The summed E-state index contributed by atoms with van der Waals surface area (Å²) in [6.07, 6.45) is 0.802. The van der Waals surface area contributed by atoms with Crippen molar-refractivity contribution in [1.82, 2.24) is 14.8 Å². The Labute approximate surface area is 168 Å². The normalized spacial score (nSPS) is 14.4. The summed E-state index contributed by atoms with van der Waals surface area (Å²) < 4.78 is 0. The first kappa shape index (κ1) is 20.0. The number of carbonyl (C=O) groups is 2. The molecule has 0 aliphatic carbocycles. The van der Waals surface area contributed by atoms with Gasteiger partial charge in [-0.1, -0.05) is 0 Å². The van der Waals surface area contributed by atoms with Gasteiger partial charge in [0.05, 0.1) is 17.8 Å². The molecule has 1 N–H and O–H groups in total. The standard InChI is InChI=1S/C19H26N4O2S2/c1-12(2)23(13(3)4)17(24)10-22-7-5-15-16(9-22)27-19(20-15)21-18(25)14-6-8-26-11-14/h6,8,11-13H,5,7,9-10H2,1-4H3,(H,20,21,25). The number of hydrogen-bond acceptors (Lipinski definition) is 6. The summed E-state index contributed by atoms with van der Waals surface area (Å²) in [5.74, 6) is 0.0397. The predicted molar refractivity (Wildman–Crippen MR) is 110 cm³/mol. The first-order chi connectivity index (χ1) is 12.8. The summed E-state index contributed by atoms with van der Waals surface area (Å²) in [5.41, 5.74) is 1.69. The summed E-state index contributed by atoms with van der Waals surface area (Å²) >= 11 is 3.00. The minimum Gasteiger partial charge on any atom is -0.337 e. The van der Waals surface area contributed by atoms with Crippen LogP contribution in [0.3, 0.4) is 0 Å². The Morgan fingerprint density at radius 3 is 2.67 bits per heavy atom. The van der Waals surface area contributed by atoms with Gasteiger partial charge in [0.2, 0.25) is 5.91 Å². The van der Waals surface area contributed by atoms with Crippen molar-refractivity contribution in [3.05, 3.63) is 33.0 Å². The lowest BCUT2D eigenvalue weighted by Gasteiger charge is -2.34. The number of nitrogens with one attached hydrogen (secondary N) is 1. The lowest BCUT2D eigenvalue weighted by Crippen LogP contribution is -2.47. The monoisotopic (exact) mass is 406 g/mol. The highest BCUT2D eigenvalue weighted by Crippen LogP contribution is 2.28. The topological polar surface area (TPSA) is 65.5 Å². The second kappa shape index (κ2) is 8.50. The molecule has 2 aromatic rings. The van der Waals surface area contributed by atoms with Crippen LogP contribution in [0.2, 0.25) is 0 Å². The number of fused-ring (bicyclic) bond motifs is 1. The Bertz CT molecular complexity index is 791. The van der Waals surface area contributed by atoms with Crippen molar-refractivity contribution >= 4 is 39.6 Å². The van der Waals surface area contributed by atoms with Crippen LogP contribution in [0.15, 0.2) is 16.8 Å². The zero-order valence-corrected chi connectivity index (χ0v) is 17.8. The molecular weight excluding hydrogens is 380 g/mol. The molecule has 0 saturated carbocycles. The number of anilines is 1. The van der Waals surface area contributed by atoms with Crippen LogP contribution in [0, 0.1) is 0 Å². The molecule has 2 amide bonds. The van der Waals surface area contributed by atoms with Crippen molar-refractivity contribution < 1.29 is 9.59 Å². The lowest BCUT2D eigenvalue weighted by molar-refractivity contribution is -0.136. The summed E-state index contributed by atoms with van der Waals surface area (Å²) in [5, 5.41) is 7.23. The first-order valence-electron chi connectivity index (χ1n) is 9.20. The Balaban J connectivity index is 1.62. The van der Waals surface area contributed by atoms with E-state index in [-0.39, 0.29) is 23.9 Å². The van der Waals surface area contributed by atoms with Crippen LogP contribution in [0.25, 0.3) is 0 Å². The smallest absolute Gasteiger partial charge is 0.258 e. The van der Waals surface area contributed by atoms with Gasteiger partial charge in [0.25, 0.3) is 5.91 Å². The van der Waals surface area contributed by atoms with Gasteiger partial charge in [0.1, 0.15) is 0 Å². The third-order valence-corrected chi connectivity index (χ3v) is 6.25. The van der Waals surface area contributed by atoms with Gasteiger partial charge in [-0.15, -0.1) is 11.3 Å². The molecule has 27 heavy (non-hydrogen) atoms. The van der Waals surface area contributed by atoms with Crippen molar-refractivity contribution in [1.29, 1.82) is 0 Å². The molecule has 0 saturated heterocycles. The molecule has 6 nitrogen and oxygen atoms in total. The minimum absolute atomic E-state index is 0.126. The van der Waals surface area contributed by atoms with E-state index in [0.717, 1.165) is 23.5 Å². The van der Waals surface area contributed by atoms with Gasteiger partial charge in [0.15, 0.2) is 5.13 Å². The average molecular weight is 407 g/mol. The highest BCUT2D eigenvalue weighted by Gasteiger charge is 2.26. The molecule has 0 aromatic carbocycles. The molecule has 3 heterocycles. The molecule has 146 valence electrons. The molecule has 1 aliphatic heterocycles. The van der Waals surface area contributed by atoms with Crippen LogP contribution in [0.4, 0.5) is 5.13 Å². The van der Waals surface area contributed by atoms with Crippen LogP contribution < -0.4 is 5.32 Å². The molecule has 1 aliphatic rings. The van der Waals surface area contributed by atoms with E-state index in [9.17, 15) is 9.59 Å². The SMILES string of the molecule is CC(C)N(C(=O)CN1CCc2nc(NC(=O)c3ccsc3)sc2C1)C(C)C. The van der Waals surface area contributed by atoms with E-state index in [1.165, 1.54) is 22.7 Å². The maximum absolute atomic E-state index is 12.7. The van der Waals surface area contributed by atoms with Crippen molar-refractivity contribution in [2.24, 2.45) is 0 Å². The highest BCUT2D eigenvalue weighted by atomic mass is 32.1. The van der Waals surface area contributed by atoms with Crippen LogP contribution in [-0.2, 0) is 17.8 Å². The Kier molecular flexibility index (Phi) is 6.29. The summed E-state index contributed by atoms with van der Waals surface area (Å²) in [7, 11) is 0. The molecule has 8 heteroatoms. The fourth-order valence-electron chi connectivity index (χ4n) is 3.44. The number of amides is 2. The second-order valence-electron chi connectivity index (χ2n) is 7.30. The van der Waals surface area contributed by atoms with E-state index in [4.69, 9.17) is 0 Å². The van der Waals surface area contributed by atoms with Gasteiger partial charge in [-0.2, -0.15) is 11.3 Å². The molecule has 0 spiro atoms. The van der Waals surface area contributed by atoms with E-state index in [1.807, 2.05) is 15.7 Å². The number of rotatable bonds is 6. The van der Waals surface area contributed by atoms with Gasteiger partial charge >= 0.3 is 0 Å². The molecular formula is C19H26N4O2S2. The first-order valence-corrected chi connectivity index (χ1v) is 11.0. The van der Waals surface area contributed by atoms with E-state index < -0.39 is 0 Å². The molecule has 0 radical (unpaired) electrons. The quantitative estimate of drug-likeness (QED) is 0.798. The summed E-state index contributed by atoms with van der Waals surface area (Å²) in [6.45, 7) is 10.1. The Hall–Kier alpha value is -1.77. The summed E-state index contributed by atoms with van der Waals surface area (Å²) in [4.78, 5) is 34.7. The third-order valence-electron chi connectivity index (χ3n) is 4.57. The number of carbonyl (C=O) groups excluding carboxylic acids is 2. The second-order valence-corrected chi connectivity index (χ2v) is 9.17. The number of hydrogen-bond donors (Lipinski definition) is 1. The Morgan fingerprint density at radius 2 is 2.04 bits per heavy atom. The average Bonchev–Trinajstić information content (AvgIpc) is 3.22. The Morgan fingerprint density at radius 1 is 1.30 bits per heavy atom. The van der Waals surface area contributed by atoms with Gasteiger partial charge in [0, 0.05) is 41.9 Å². The number of thiazole rings is 1. The van der Waals surface area contributed by atoms with Gasteiger partial charge in [-0.05, 0) is 39.1 Å². The van der Waals surface area contributed by atoms with Crippen molar-refractivity contribution in [2.45, 2.75) is 52.7 Å². The lowest BCUT2D eigenvalue weighted by atomic mass is 10.1. The van der Waals surface area contributed by atoms with E-state index in [0.29, 0.717) is 23.8 Å². The fraction of sp³-hybridized carbons (Fsp3) is 0.526. The largest absolute Gasteiger partial charge is 0.337 e. The highest BCUT2D eigenvalue weighted by molar-refractivity contribution is 7.16. The van der Waals surface area contributed by atoms with E-state index in [1.54, 1.807) is 6.07 Å². The third kappa shape index (κ3) is 4.75. The zero-order valence-electron chi connectivity index (χ0n) is 16.2. The van der Waals surface area contributed by atoms with E-state index >= 15 is 0 Å². The number of thiophene rings is 1. The van der Waals surface area contributed by atoms with Gasteiger partial charge in [-0.25, -0.2) is 4.98 Å². The van der Waals surface area contributed by atoms with Crippen molar-refractivity contribution in [3.63, 3.8) is 0 Å². The van der Waals surface area contributed by atoms with Gasteiger partial charge in [-0.3, -0.25) is 19.8 Å². The number of nitrogens with zero attached hydrogens (tertiary/aromatic N) is 3. The molecule has 0 fully saturated rings. The van der Waals surface area contributed by atoms with Crippen LogP contribution in [0.1, 0.15) is 48.6 Å².